The van der Waals surface area contributed by atoms with Crippen molar-refractivity contribution in [3.8, 4) is 0 Å². The van der Waals surface area contributed by atoms with Crippen molar-refractivity contribution in [2.45, 2.75) is 50.5 Å². The van der Waals surface area contributed by atoms with E-state index in [0.717, 1.165) is 6.42 Å². The fraction of sp³-hybridized carbons (Fsp3) is 0.786. The molecule has 1 aliphatic rings. The van der Waals surface area contributed by atoms with Crippen LogP contribution in [-0.4, -0.2) is 46.8 Å². The Morgan fingerprint density at radius 3 is 2.48 bits per heavy atom. The lowest BCUT2D eigenvalue weighted by Crippen LogP contribution is -2.50. The molecule has 1 N–H and O–H groups in total. The number of hydrogen-bond acceptors (Lipinski definition) is 4. The zero-order valence-corrected chi connectivity index (χ0v) is 14.2. The fourth-order valence-electron chi connectivity index (χ4n) is 3.42. The highest BCUT2D eigenvalue weighted by Crippen LogP contribution is 2.41. The van der Waals surface area contributed by atoms with Crippen LogP contribution in [0.2, 0.25) is 0 Å². The molecule has 0 aromatic carbocycles. The van der Waals surface area contributed by atoms with Crippen molar-refractivity contribution in [3.63, 3.8) is 0 Å². The summed E-state index contributed by atoms with van der Waals surface area (Å²) in [4.78, 5) is 0.264. The highest BCUT2D eigenvalue weighted by molar-refractivity contribution is 7.89. The molecule has 1 heterocycles. The van der Waals surface area contributed by atoms with E-state index in [0.29, 0.717) is 30.1 Å². The first-order chi connectivity index (χ1) is 9.65. The summed E-state index contributed by atoms with van der Waals surface area (Å²) in [6, 6.07) is 0. The first-order valence-electron chi connectivity index (χ1n) is 7.26. The van der Waals surface area contributed by atoms with Crippen molar-refractivity contribution in [3.05, 3.63) is 11.4 Å². The first kappa shape index (κ1) is 16.5. The van der Waals surface area contributed by atoms with E-state index in [1.807, 2.05) is 0 Å². The van der Waals surface area contributed by atoms with Crippen LogP contribution in [-0.2, 0) is 17.1 Å². The van der Waals surface area contributed by atoms with Gasteiger partial charge >= 0.3 is 0 Å². The zero-order valence-electron chi connectivity index (χ0n) is 13.4. The normalized spacial score (nSPS) is 26.7. The van der Waals surface area contributed by atoms with Gasteiger partial charge in [0, 0.05) is 14.1 Å². The Bertz CT molecular complexity index is 638. The van der Waals surface area contributed by atoms with Crippen LogP contribution in [0.3, 0.4) is 0 Å². The highest BCUT2D eigenvalue weighted by Gasteiger charge is 2.46. The van der Waals surface area contributed by atoms with E-state index in [9.17, 15) is 13.5 Å². The maximum Gasteiger partial charge on any atom is 0.247 e. The third-order valence-electron chi connectivity index (χ3n) is 4.85. The molecule has 0 aliphatic heterocycles. The fourth-order valence-corrected chi connectivity index (χ4v) is 5.34. The van der Waals surface area contributed by atoms with Crippen molar-refractivity contribution in [1.82, 2.24) is 14.1 Å². The molecule has 21 heavy (non-hydrogen) atoms. The molecule has 1 fully saturated rings. The molecule has 2 rings (SSSR count). The lowest BCUT2D eigenvalue weighted by molar-refractivity contribution is 0.108. The molecule has 120 valence electrons. The van der Waals surface area contributed by atoms with Crippen molar-refractivity contribution >= 4 is 10.0 Å². The molecule has 1 aromatic rings. The minimum atomic E-state index is -3.67. The second-order valence-corrected chi connectivity index (χ2v) is 8.23. The Labute approximate surface area is 126 Å². The van der Waals surface area contributed by atoms with E-state index in [2.05, 4.69) is 12.0 Å². The molecule has 0 radical (unpaired) electrons. The molecule has 1 aromatic heterocycles. The summed E-state index contributed by atoms with van der Waals surface area (Å²) in [5.41, 5.74) is 0.437. The summed E-state index contributed by atoms with van der Waals surface area (Å²) in [6.45, 7) is 5.41. The number of nitrogens with zero attached hydrogens (tertiary/aromatic N) is 3. The molecule has 2 atom stereocenters. The van der Waals surface area contributed by atoms with E-state index >= 15 is 0 Å². The maximum absolute atomic E-state index is 13.0. The van der Waals surface area contributed by atoms with Gasteiger partial charge in [0.25, 0.3) is 0 Å². The summed E-state index contributed by atoms with van der Waals surface area (Å²) < 4.78 is 29.0. The maximum atomic E-state index is 13.0. The Morgan fingerprint density at radius 2 is 2.10 bits per heavy atom. The summed E-state index contributed by atoms with van der Waals surface area (Å²) in [5, 5.41) is 14.0. The summed E-state index contributed by atoms with van der Waals surface area (Å²) in [6.07, 6.45) is 2.32. The number of rotatable bonds is 4. The topological polar surface area (TPSA) is 75.4 Å². The van der Waals surface area contributed by atoms with Gasteiger partial charge in [0.1, 0.15) is 4.90 Å². The molecule has 6 nitrogen and oxygen atoms in total. The first-order valence-corrected chi connectivity index (χ1v) is 8.70. The van der Waals surface area contributed by atoms with Crippen LogP contribution in [0.15, 0.2) is 4.90 Å². The average Bonchev–Trinajstić information content (AvgIpc) is 2.91. The van der Waals surface area contributed by atoms with Crippen LogP contribution in [0, 0.1) is 19.8 Å². The molecule has 1 saturated carbocycles. The van der Waals surface area contributed by atoms with E-state index in [1.54, 1.807) is 32.6 Å². The molecular formula is C14H25N3O3S. The van der Waals surface area contributed by atoms with E-state index in [4.69, 9.17) is 0 Å². The van der Waals surface area contributed by atoms with Crippen LogP contribution in [0.25, 0.3) is 0 Å². The molecule has 0 unspecified atom stereocenters. The lowest BCUT2D eigenvalue weighted by Gasteiger charge is -2.36. The molecule has 0 spiro atoms. The SMILES string of the molecule is Cc1nn(C)c(C)c1S(=O)(=O)N(C)[C@@]1(CO)CC[C@H](C)C1. The van der Waals surface area contributed by atoms with Gasteiger partial charge in [-0.2, -0.15) is 9.40 Å². The average molecular weight is 315 g/mol. The number of aryl methyl sites for hydroxylation is 2. The predicted octanol–water partition coefficient (Wildman–Crippen LogP) is 1.21. The zero-order chi connectivity index (χ0) is 16.0. The Hall–Kier alpha value is -0.920. The van der Waals surface area contributed by atoms with Gasteiger partial charge in [-0.3, -0.25) is 4.68 Å². The minimum absolute atomic E-state index is 0.147. The largest absolute Gasteiger partial charge is 0.394 e. The second-order valence-electron chi connectivity index (χ2n) is 6.33. The Kier molecular flexibility index (Phi) is 4.21. The van der Waals surface area contributed by atoms with Crippen LogP contribution < -0.4 is 0 Å². The van der Waals surface area contributed by atoms with Gasteiger partial charge in [-0.25, -0.2) is 8.42 Å². The number of aromatic nitrogens is 2. The Morgan fingerprint density at radius 1 is 1.48 bits per heavy atom. The van der Waals surface area contributed by atoms with Gasteiger partial charge in [0.05, 0.1) is 23.5 Å². The Balaban J connectivity index is 2.48. The molecular weight excluding hydrogens is 290 g/mol. The van der Waals surface area contributed by atoms with Gasteiger partial charge in [-0.15, -0.1) is 0 Å². The highest BCUT2D eigenvalue weighted by atomic mass is 32.2. The minimum Gasteiger partial charge on any atom is -0.394 e. The van der Waals surface area contributed by atoms with Gasteiger partial charge < -0.3 is 5.11 Å². The van der Waals surface area contributed by atoms with Crippen molar-refractivity contribution in [1.29, 1.82) is 0 Å². The van der Waals surface area contributed by atoms with Crippen molar-refractivity contribution in [2.24, 2.45) is 13.0 Å². The summed E-state index contributed by atoms with van der Waals surface area (Å²) in [5.74, 6) is 0.422. The molecule has 0 saturated heterocycles. The van der Waals surface area contributed by atoms with E-state index in [1.165, 1.54) is 4.31 Å². The molecule has 0 amide bonds. The summed E-state index contributed by atoms with van der Waals surface area (Å²) >= 11 is 0. The number of aliphatic hydroxyl groups excluding tert-OH is 1. The third-order valence-corrected chi connectivity index (χ3v) is 7.07. The number of hydrogen-bond donors (Lipinski definition) is 1. The second kappa shape index (κ2) is 5.37. The molecule has 0 bridgehead atoms. The summed E-state index contributed by atoms with van der Waals surface area (Å²) in [7, 11) is -0.351. The van der Waals surface area contributed by atoms with E-state index < -0.39 is 15.6 Å². The lowest BCUT2D eigenvalue weighted by atomic mass is 9.98. The third kappa shape index (κ3) is 2.51. The van der Waals surface area contributed by atoms with Crippen LogP contribution >= 0.6 is 0 Å². The van der Waals surface area contributed by atoms with Crippen molar-refractivity contribution < 1.29 is 13.5 Å². The van der Waals surface area contributed by atoms with Crippen LogP contribution in [0.1, 0.15) is 37.6 Å². The van der Waals surface area contributed by atoms with Crippen LogP contribution in [0.5, 0.6) is 0 Å². The van der Waals surface area contributed by atoms with Gasteiger partial charge in [0.2, 0.25) is 10.0 Å². The number of likely N-dealkylation sites (N-methyl/N-ethyl adjacent to an activating group) is 1. The predicted molar refractivity (Wildman–Crippen MR) is 80.5 cm³/mol. The monoisotopic (exact) mass is 315 g/mol. The van der Waals surface area contributed by atoms with Crippen molar-refractivity contribution in [2.75, 3.05) is 13.7 Å². The standard InChI is InChI=1S/C14H25N3O3S/c1-10-6-7-14(8-10,9-18)17(5)21(19,20)13-11(2)15-16(4)12(13)3/h10,18H,6-9H2,1-5H3/t10-,14-/m0/s1. The van der Waals surface area contributed by atoms with Gasteiger partial charge in [-0.1, -0.05) is 6.92 Å². The quantitative estimate of drug-likeness (QED) is 0.906. The van der Waals surface area contributed by atoms with Crippen LogP contribution in [0.4, 0.5) is 0 Å². The molecule has 1 aliphatic carbocycles. The number of sulfonamides is 1. The smallest absolute Gasteiger partial charge is 0.247 e. The van der Waals surface area contributed by atoms with E-state index in [-0.39, 0.29) is 11.5 Å². The van der Waals surface area contributed by atoms with Gasteiger partial charge in [0.15, 0.2) is 0 Å². The number of aliphatic hydroxyl groups is 1. The molecule has 7 heteroatoms. The van der Waals surface area contributed by atoms with Gasteiger partial charge in [-0.05, 0) is 39.0 Å².